The summed E-state index contributed by atoms with van der Waals surface area (Å²) in [4.78, 5) is 29.2. The molecular weight excluding hydrogens is 351 g/mol. The van der Waals surface area contributed by atoms with Gasteiger partial charge in [0, 0.05) is 38.4 Å². The molecule has 1 atom stereocenters. The molecular formula is C16H16F3N5O2. The molecule has 1 aliphatic rings. The Bertz CT molecular complexity index is 863. The van der Waals surface area contributed by atoms with Crippen LogP contribution in [0.2, 0.25) is 0 Å². The average molecular weight is 367 g/mol. The Kier molecular flexibility index (Phi) is 4.66. The third kappa shape index (κ3) is 3.84. The van der Waals surface area contributed by atoms with E-state index in [0.29, 0.717) is 25.3 Å². The van der Waals surface area contributed by atoms with Crippen molar-refractivity contribution in [1.29, 1.82) is 0 Å². The lowest BCUT2D eigenvalue weighted by Gasteiger charge is -2.18. The van der Waals surface area contributed by atoms with Gasteiger partial charge >= 0.3 is 6.18 Å². The first-order chi connectivity index (χ1) is 12.2. The van der Waals surface area contributed by atoms with Crippen LogP contribution in [0, 0.1) is 0 Å². The normalized spacial score (nSPS) is 17.4. The zero-order valence-corrected chi connectivity index (χ0v) is 13.8. The number of nitrogens with zero attached hydrogens (tertiary/aromatic N) is 4. The molecule has 1 saturated heterocycles. The third-order valence-corrected chi connectivity index (χ3v) is 4.12. The summed E-state index contributed by atoms with van der Waals surface area (Å²) in [5.41, 5.74) is -0.994. The second kappa shape index (κ2) is 6.77. The number of alkyl halides is 3. The summed E-state index contributed by atoms with van der Waals surface area (Å²) in [7, 11) is 1.45. The van der Waals surface area contributed by atoms with Crippen molar-refractivity contribution >= 4 is 11.7 Å². The van der Waals surface area contributed by atoms with Crippen LogP contribution in [0.1, 0.15) is 22.5 Å². The Balaban J connectivity index is 1.62. The van der Waals surface area contributed by atoms with Crippen LogP contribution in [-0.2, 0) is 13.2 Å². The minimum atomic E-state index is -4.42. The maximum atomic E-state index is 12.6. The molecule has 2 aromatic rings. The molecule has 2 aromatic heterocycles. The predicted octanol–water partition coefficient (Wildman–Crippen LogP) is 1.20. The van der Waals surface area contributed by atoms with E-state index in [9.17, 15) is 22.8 Å². The van der Waals surface area contributed by atoms with Gasteiger partial charge in [0.2, 0.25) is 0 Å². The number of aromatic nitrogens is 3. The number of aryl methyl sites for hydroxylation is 1. The lowest BCUT2D eigenvalue weighted by Crippen LogP contribution is -2.38. The molecule has 1 fully saturated rings. The van der Waals surface area contributed by atoms with Crippen molar-refractivity contribution in [2.24, 2.45) is 7.05 Å². The van der Waals surface area contributed by atoms with E-state index in [1.165, 1.54) is 25.2 Å². The largest absolute Gasteiger partial charge is 0.417 e. The molecule has 1 N–H and O–H groups in total. The number of hydrogen-bond acceptors (Lipinski definition) is 5. The fourth-order valence-corrected chi connectivity index (χ4v) is 2.71. The summed E-state index contributed by atoms with van der Waals surface area (Å²) in [6, 6.07) is 4.73. The smallest absolute Gasteiger partial charge is 0.354 e. The fraction of sp³-hybridized carbons (Fsp3) is 0.375. The van der Waals surface area contributed by atoms with Gasteiger partial charge in [-0.1, -0.05) is 0 Å². The molecule has 7 nitrogen and oxygen atoms in total. The van der Waals surface area contributed by atoms with Crippen molar-refractivity contribution in [2.45, 2.75) is 18.6 Å². The number of amides is 1. The first-order valence-corrected chi connectivity index (χ1v) is 7.87. The molecule has 3 rings (SSSR count). The van der Waals surface area contributed by atoms with Crippen LogP contribution in [0.15, 0.2) is 35.3 Å². The summed E-state index contributed by atoms with van der Waals surface area (Å²) < 4.78 is 38.8. The van der Waals surface area contributed by atoms with Crippen LogP contribution in [0.25, 0.3) is 0 Å². The molecule has 138 valence electrons. The highest BCUT2D eigenvalue weighted by molar-refractivity contribution is 5.92. The molecule has 1 aliphatic heterocycles. The van der Waals surface area contributed by atoms with E-state index in [1.54, 1.807) is 4.90 Å². The Hall–Kier alpha value is -2.91. The molecule has 10 heteroatoms. The molecule has 1 amide bonds. The maximum absolute atomic E-state index is 12.6. The molecule has 0 aromatic carbocycles. The zero-order valence-electron chi connectivity index (χ0n) is 13.8. The standard InChI is InChI=1S/C16H16F3N5O2/c1-23-14(25)5-3-12(22-23)15(26)21-11-6-7-24(9-11)13-4-2-10(8-20-13)16(17,18)19/h2-5,8,11H,6-7,9H2,1H3,(H,21,26). The second-order valence-corrected chi connectivity index (χ2v) is 5.99. The number of carbonyl (C=O) groups is 1. The molecule has 3 heterocycles. The summed E-state index contributed by atoms with van der Waals surface area (Å²) in [5.74, 6) is 0.0165. The minimum Gasteiger partial charge on any atom is -0.354 e. The van der Waals surface area contributed by atoms with E-state index in [-0.39, 0.29) is 17.3 Å². The van der Waals surface area contributed by atoms with E-state index in [0.717, 1.165) is 16.9 Å². The van der Waals surface area contributed by atoms with Gasteiger partial charge in [-0.05, 0) is 24.6 Å². The molecule has 0 aliphatic carbocycles. The van der Waals surface area contributed by atoms with Crippen LogP contribution in [0.3, 0.4) is 0 Å². The van der Waals surface area contributed by atoms with E-state index < -0.39 is 17.6 Å². The second-order valence-electron chi connectivity index (χ2n) is 5.99. The van der Waals surface area contributed by atoms with Gasteiger partial charge in [-0.25, -0.2) is 9.67 Å². The highest BCUT2D eigenvalue weighted by atomic mass is 19.4. The monoisotopic (exact) mass is 367 g/mol. The number of pyridine rings is 1. The topological polar surface area (TPSA) is 80.1 Å². The fourth-order valence-electron chi connectivity index (χ4n) is 2.71. The van der Waals surface area contributed by atoms with Crippen LogP contribution in [-0.4, -0.2) is 39.8 Å². The summed E-state index contributed by atoms with van der Waals surface area (Å²) in [5, 5.41) is 6.70. The number of hydrogen-bond donors (Lipinski definition) is 1. The van der Waals surface area contributed by atoms with Crippen molar-refractivity contribution < 1.29 is 18.0 Å². The van der Waals surface area contributed by atoms with Crippen molar-refractivity contribution in [3.8, 4) is 0 Å². The zero-order chi connectivity index (χ0) is 18.9. The van der Waals surface area contributed by atoms with Crippen LogP contribution in [0.4, 0.5) is 19.0 Å². The Morgan fingerprint density at radius 2 is 2.04 bits per heavy atom. The first kappa shape index (κ1) is 17.9. The summed E-state index contributed by atoms with van der Waals surface area (Å²) >= 11 is 0. The van der Waals surface area contributed by atoms with Crippen molar-refractivity contribution in [3.05, 3.63) is 52.1 Å². The number of carbonyl (C=O) groups excluding carboxylic acids is 1. The van der Waals surface area contributed by atoms with Gasteiger partial charge in [0.05, 0.1) is 5.56 Å². The van der Waals surface area contributed by atoms with Gasteiger partial charge in [-0.15, -0.1) is 0 Å². The van der Waals surface area contributed by atoms with Gasteiger partial charge < -0.3 is 10.2 Å². The third-order valence-electron chi connectivity index (χ3n) is 4.12. The van der Waals surface area contributed by atoms with Gasteiger partial charge in [-0.2, -0.15) is 18.3 Å². The number of halogens is 3. The summed E-state index contributed by atoms with van der Waals surface area (Å²) in [6.07, 6.45) is -2.99. The van der Waals surface area contributed by atoms with Crippen LogP contribution >= 0.6 is 0 Å². The quantitative estimate of drug-likeness (QED) is 0.882. The molecule has 0 spiro atoms. The van der Waals surface area contributed by atoms with Gasteiger partial charge in [0.15, 0.2) is 0 Å². The highest BCUT2D eigenvalue weighted by Gasteiger charge is 2.31. The van der Waals surface area contributed by atoms with E-state index >= 15 is 0 Å². The summed E-state index contributed by atoms with van der Waals surface area (Å²) in [6.45, 7) is 0.986. The predicted molar refractivity (Wildman–Crippen MR) is 86.8 cm³/mol. The molecule has 1 unspecified atom stereocenters. The van der Waals surface area contributed by atoms with E-state index in [1.807, 2.05) is 0 Å². The average Bonchev–Trinajstić information content (AvgIpc) is 3.05. The van der Waals surface area contributed by atoms with Gasteiger partial charge in [-0.3, -0.25) is 9.59 Å². The van der Waals surface area contributed by atoms with E-state index in [2.05, 4.69) is 15.4 Å². The van der Waals surface area contributed by atoms with E-state index in [4.69, 9.17) is 0 Å². The Labute approximate surface area is 146 Å². The molecule has 0 radical (unpaired) electrons. The Morgan fingerprint density at radius 3 is 2.65 bits per heavy atom. The SMILES string of the molecule is Cn1nc(C(=O)NC2CCN(c3ccc(C(F)(F)F)cn3)C2)ccc1=O. The molecule has 26 heavy (non-hydrogen) atoms. The molecule has 0 bridgehead atoms. The van der Waals surface area contributed by atoms with Crippen molar-refractivity contribution in [2.75, 3.05) is 18.0 Å². The van der Waals surface area contributed by atoms with Gasteiger partial charge in [0.1, 0.15) is 11.5 Å². The molecule has 0 saturated carbocycles. The van der Waals surface area contributed by atoms with Crippen LogP contribution in [0.5, 0.6) is 0 Å². The first-order valence-electron chi connectivity index (χ1n) is 7.87. The minimum absolute atomic E-state index is 0.123. The van der Waals surface area contributed by atoms with Crippen LogP contribution < -0.4 is 15.8 Å². The van der Waals surface area contributed by atoms with Crippen molar-refractivity contribution in [1.82, 2.24) is 20.1 Å². The van der Waals surface area contributed by atoms with Crippen molar-refractivity contribution in [3.63, 3.8) is 0 Å². The maximum Gasteiger partial charge on any atom is 0.417 e. The highest BCUT2D eigenvalue weighted by Crippen LogP contribution is 2.29. The lowest BCUT2D eigenvalue weighted by molar-refractivity contribution is -0.137. The number of nitrogens with one attached hydrogen (secondary N) is 1. The number of anilines is 1. The number of rotatable bonds is 3. The van der Waals surface area contributed by atoms with Gasteiger partial charge in [0.25, 0.3) is 11.5 Å². The lowest BCUT2D eigenvalue weighted by atomic mass is 10.2. The Morgan fingerprint density at radius 1 is 1.27 bits per heavy atom.